The van der Waals surface area contributed by atoms with Crippen molar-refractivity contribution in [2.75, 3.05) is 16.8 Å². The van der Waals surface area contributed by atoms with Gasteiger partial charge in [0.05, 0.1) is 6.04 Å². The molecule has 1 aliphatic rings. The summed E-state index contributed by atoms with van der Waals surface area (Å²) in [6.45, 7) is 6.28. The van der Waals surface area contributed by atoms with Gasteiger partial charge in [-0.1, -0.05) is 25.1 Å². The Morgan fingerprint density at radius 1 is 1.14 bits per heavy atom. The maximum absolute atomic E-state index is 12.2. The summed E-state index contributed by atoms with van der Waals surface area (Å²) in [5.74, 6) is 1.84. The summed E-state index contributed by atoms with van der Waals surface area (Å²) in [4.78, 5) is 31.0. The van der Waals surface area contributed by atoms with Crippen LogP contribution in [0.3, 0.4) is 0 Å². The molecule has 0 radical (unpaired) electrons. The highest BCUT2D eigenvalue weighted by atomic mass is 16.6. The number of nitrogens with one attached hydrogen (secondary N) is 1. The van der Waals surface area contributed by atoms with Gasteiger partial charge in [-0.05, 0) is 31.0 Å². The first kappa shape index (κ1) is 18.8. The molecule has 10 nitrogen and oxygen atoms in total. The van der Waals surface area contributed by atoms with E-state index in [1.165, 1.54) is 0 Å². The molecule has 1 fully saturated rings. The molecule has 10 heteroatoms. The maximum Gasteiger partial charge on any atom is 0.415 e. The van der Waals surface area contributed by atoms with Gasteiger partial charge in [0.2, 0.25) is 17.7 Å². The number of amides is 1. The standard InChI is InChI=1S/C19H21N7O3/c1-11(2)14-10-28-19(27)26(14)15-7-9-21-18(23-15)22-12(3)17-24-16(25-29-17)13-6-4-5-8-20-13/h4-9,11-12,14H,10H2,1-3H3,(H,21,22,23)/t12?,14-/m1/s1. The zero-order chi connectivity index (χ0) is 20.4. The number of anilines is 2. The molecule has 3 aromatic rings. The van der Waals surface area contributed by atoms with Gasteiger partial charge in [0, 0.05) is 12.4 Å². The number of aromatic nitrogens is 5. The van der Waals surface area contributed by atoms with Crippen LogP contribution in [0, 0.1) is 5.92 Å². The summed E-state index contributed by atoms with van der Waals surface area (Å²) in [6, 6.07) is 6.75. The van der Waals surface area contributed by atoms with Crippen LogP contribution in [0.4, 0.5) is 16.6 Å². The Labute approximate surface area is 167 Å². The molecule has 0 bridgehead atoms. The molecule has 1 saturated heterocycles. The summed E-state index contributed by atoms with van der Waals surface area (Å²) < 4.78 is 10.5. The van der Waals surface area contributed by atoms with Crippen molar-refractivity contribution in [1.82, 2.24) is 25.1 Å². The second-order valence-electron chi connectivity index (χ2n) is 7.03. The van der Waals surface area contributed by atoms with E-state index >= 15 is 0 Å². The minimum absolute atomic E-state index is 0.0699. The summed E-state index contributed by atoms with van der Waals surface area (Å²) >= 11 is 0. The molecule has 29 heavy (non-hydrogen) atoms. The summed E-state index contributed by atoms with van der Waals surface area (Å²) in [5, 5.41) is 7.10. The number of carbonyl (C=O) groups is 1. The highest BCUT2D eigenvalue weighted by molar-refractivity contribution is 5.89. The average Bonchev–Trinajstić information content (AvgIpc) is 3.36. The molecule has 0 saturated carbocycles. The van der Waals surface area contributed by atoms with Gasteiger partial charge in [0.15, 0.2) is 0 Å². The minimum atomic E-state index is -0.404. The monoisotopic (exact) mass is 395 g/mol. The van der Waals surface area contributed by atoms with Crippen molar-refractivity contribution in [1.29, 1.82) is 0 Å². The molecule has 0 aromatic carbocycles. The molecule has 1 amide bonds. The Hall–Kier alpha value is -3.56. The lowest BCUT2D eigenvalue weighted by Gasteiger charge is -2.23. The third kappa shape index (κ3) is 3.86. The van der Waals surface area contributed by atoms with Crippen LogP contribution in [0.25, 0.3) is 11.5 Å². The van der Waals surface area contributed by atoms with Crippen molar-refractivity contribution in [2.24, 2.45) is 5.92 Å². The number of pyridine rings is 1. The van der Waals surface area contributed by atoms with Crippen LogP contribution in [0.5, 0.6) is 0 Å². The lowest BCUT2D eigenvalue weighted by molar-refractivity contribution is 0.177. The van der Waals surface area contributed by atoms with Crippen LogP contribution >= 0.6 is 0 Å². The van der Waals surface area contributed by atoms with Gasteiger partial charge >= 0.3 is 6.09 Å². The van der Waals surface area contributed by atoms with E-state index < -0.39 is 6.09 Å². The van der Waals surface area contributed by atoms with Crippen molar-refractivity contribution in [3.8, 4) is 11.5 Å². The Balaban J connectivity index is 1.51. The lowest BCUT2D eigenvalue weighted by Crippen LogP contribution is -2.37. The molecule has 2 atom stereocenters. The first-order valence-electron chi connectivity index (χ1n) is 9.33. The molecule has 0 aliphatic carbocycles. The van der Waals surface area contributed by atoms with Crippen LogP contribution in [0.1, 0.15) is 32.7 Å². The van der Waals surface area contributed by atoms with Gasteiger partial charge in [-0.2, -0.15) is 9.97 Å². The number of hydrogen-bond donors (Lipinski definition) is 1. The van der Waals surface area contributed by atoms with Crippen LogP contribution in [-0.4, -0.2) is 43.8 Å². The zero-order valence-corrected chi connectivity index (χ0v) is 16.3. The smallest absolute Gasteiger partial charge is 0.415 e. The normalized spacial score (nSPS) is 17.4. The first-order valence-corrected chi connectivity index (χ1v) is 9.33. The molecule has 1 aliphatic heterocycles. The summed E-state index contributed by atoms with van der Waals surface area (Å²) in [6.07, 6.45) is 2.85. The lowest BCUT2D eigenvalue weighted by atomic mass is 10.0. The van der Waals surface area contributed by atoms with E-state index in [0.717, 1.165) is 0 Å². The zero-order valence-electron chi connectivity index (χ0n) is 16.3. The highest BCUT2D eigenvalue weighted by Gasteiger charge is 2.37. The van der Waals surface area contributed by atoms with E-state index in [2.05, 4.69) is 30.4 Å². The van der Waals surface area contributed by atoms with Crippen LogP contribution in [0.15, 0.2) is 41.2 Å². The van der Waals surface area contributed by atoms with E-state index in [4.69, 9.17) is 9.26 Å². The minimum Gasteiger partial charge on any atom is -0.447 e. The molecule has 1 N–H and O–H groups in total. The SMILES string of the molecule is CC(Nc1nccc(N2C(=O)OC[C@@H]2C(C)C)n1)c1nc(-c2ccccn2)no1. The second-order valence-corrected chi connectivity index (χ2v) is 7.03. The van der Waals surface area contributed by atoms with E-state index in [9.17, 15) is 4.79 Å². The topological polar surface area (TPSA) is 119 Å². The van der Waals surface area contributed by atoms with Gasteiger partial charge in [0.1, 0.15) is 24.2 Å². The molecule has 150 valence electrons. The van der Waals surface area contributed by atoms with Crippen LogP contribution < -0.4 is 10.2 Å². The summed E-state index contributed by atoms with van der Waals surface area (Å²) in [5.41, 5.74) is 0.625. The Morgan fingerprint density at radius 2 is 2.00 bits per heavy atom. The number of rotatable bonds is 6. The Kier molecular flexibility index (Phi) is 5.07. The maximum atomic E-state index is 12.2. The van der Waals surface area contributed by atoms with Gasteiger partial charge in [0.25, 0.3) is 0 Å². The molecule has 1 unspecified atom stereocenters. The fourth-order valence-corrected chi connectivity index (χ4v) is 3.01. The molecule has 4 rings (SSSR count). The van der Waals surface area contributed by atoms with Crippen LogP contribution in [0.2, 0.25) is 0 Å². The van der Waals surface area contributed by atoms with Crippen molar-refractivity contribution in [3.05, 3.63) is 42.5 Å². The predicted octanol–water partition coefficient (Wildman–Crippen LogP) is 3.08. The molecule has 0 spiro atoms. The predicted molar refractivity (Wildman–Crippen MR) is 104 cm³/mol. The average molecular weight is 395 g/mol. The molecule has 4 heterocycles. The van der Waals surface area contributed by atoms with Crippen LogP contribution in [-0.2, 0) is 4.74 Å². The summed E-state index contributed by atoms with van der Waals surface area (Å²) in [7, 11) is 0. The number of ether oxygens (including phenoxy) is 1. The highest BCUT2D eigenvalue weighted by Crippen LogP contribution is 2.26. The Bertz CT molecular complexity index is 992. The second kappa shape index (κ2) is 7.82. The molecule has 3 aromatic heterocycles. The van der Waals surface area contributed by atoms with E-state index in [1.807, 2.05) is 32.9 Å². The van der Waals surface area contributed by atoms with E-state index in [-0.39, 0.29) is 18.0 Å². The Morgan fingerprint density at radius 3 is 2.76 bits per heavy atom. The quantitative estimate of drug-likeness (QED) is 0.671. The van der Waals surface area contributed by atoms with Gasteiger partial charge in [-0.3, -0.25) is 9.88 Å². The first-order chi connectivity index (χ1) is 14.0. The fourth-order valence-electron chi connectivity index (χ4n) is 3.01. The number of nitrogens with zero attached hydrogens (tertiary/aromatic N) is 6. The largest absolute Gasteiger partial charge is 0.447 e. The molecular formula is C19H21N7O3. The molecular weight excluding hydrogens is 374 g/mol. The number of cyclic esters (lactones) is 1. The third-order valence-electron chi connectivity index (χ3n) is 4.61. The number of carbonyl (C=O) groups excluding carboxylic acids is 1. The van der Waals surface area contributed by atoms with Gasteiger partial charge in [-0.15, -0.1) is 0 Å². The van der Waals surface area contributed by atoms with Gasteiger partial charge in [-0.25, -0.2) is 9.78 Å². The van der Waals surface area contributed by atoms with Crippen molar-refractivity contribution in [3.63, 3.8) is 0 Å². The fraction of sp³-hybridized carbons (Fsp3) is 0.368. The van der Waals surface area contributed by atoms with E-state index in [0.29, 0.717) is 35.8 Å². The van der Waals surface area contributed by atoms with Crippen molar-refractivity contribution in [2.45, 2.75) is 32.9 Å². The van der Waals surface area contributed by atoms with E-state index in [1.54, 1.807) is 29.4 Å². The number of hydrogen-bond acceptors (Lipinski definition) is 9. The van der Waals surface area contributed by atoms with Gasteiger partial charge < -0.3 is 14.6 Å². The third-order valence-corrected chi connectivity index (χ3v) is 4.61. The van der Waals surface area contributed by atoms with Crippen molar-refractivity contribution >= 4 is 17.9 Å². The van der Waals surface area contributed by atoms with Crippen molar-refractivity contribution < 1.29 is 14.1 Å².